The number of anilines is 1. The van der Waals surface area contributed by atoms with Crippen molar-refractivity contribution in [3.63, 3.8) is 0 Å². The van der Waals surface area contributed by atoms with Gasteiger partial charge in [-0.05, 0) is 12.5 Å². The fourth-order valence-corrected chi connectivity index (χ4v) is 3.97. The van der Waals surface area contributed by atoms with Crippen LogP contribution in [-0.4, -0.2) is 39.6 Å². The van der Waals surface area contributed by atoms with Crippen LogP contribution in [0.2, 0.25) is 0 Å². The number of fused-ring (bicyclic) bond motifs is 2. The molecule has 130 valence electrons. The summed E-state index contributed by atoms with van der Waals surface area (Å²) < 4.78 is 5.92. The molecule has 0 bridgehead atoms. The maximum atomic E-state index is 5.92. The van der Waals surface area contributed by atoms with Crippen LogP contribution in [0.3, 0.4) is 0 Å². The summed E-state index contributed by atoms with van der Waals surface area (Å²) in [5.74, 6) is 1.74. The molecular weight excluding hydrogens is 326 g/mol. The molecule has 2 aliphatic heterocycles. The first-order chi connectivity index (χ1) is 12.8. The summed E-state index contributed by atoms with van der Waals surface area (Å²) in [6, 6.07) is 12.1. The van der Waals surface area contributed by atoms with Gasteiger partial charge in [0.2, 0.25) is 0 Å². The zero-order chi connectivity index (χ0) is 17.4. The van der Waals surface area contributed by atoms with E-state index in [0.717, 1.165) is 48.0 Å². The number of benzene rings is 1. The normalized spacial score (nSPS) is 21.8. The smallest absolute Gasteiger partial charge is 0.159 e. The maximum absolute atomic E-state index is 5.92. The number of aromatic nitrogens is 4. The van der Waals surface area contributed by atoms with Crippen molar-refractivity contribution in [2.45, 2.75) is 18.4 Å². The van der Waals surface area contributed by atoms with Crippen LogP contribution in [0.1, 0.15) is 17.7 Å². The number of rotatable bonds is 2. The van der Waals surface area contributed by atoms with Crippen LogP contribution in [0.4, 0.5) is 5.82 Å². The Morgan fingerprint density at radius 3 is 2.85 bits per heavy atom. The Kier molecular flexibility index (Phi) is 3.64. The van der Waals surface area contributed by atoms with Gasteiger partial charge in [-0.1, -0.05) is 30.3 Å². The average molecular weight is 345 g/mol. The molecule has 1 aromatic carbocycles. The Hall–Kier alpha value is -2.86. The summed E-state index contributed by atoms with van der Waals surface area (Å²) in [4.78, 5) is 20.3. The number of ether oxygens (including phenoxy) is 1. The monoisotopic (exact) mass is 345 g/mol. The molecule has 1 saturated heterocycles. The minimum absolute atomic E-state index is 0.106. The van der Waals surface area contributed by atoms with Gasteiger partial charge < -0.3 is 9.64 Å². The van der Waals surface area contributed by atoms with Crippen molar-refractivity contribution >= 4 is 5.82 Å². The van der Waals surface area contributed by atoms with E-state index < -0.39 is 0 Å². The van der Waals surface area contributed by atoms with Gasteiger partial charge in [-0.25, -0.2) is 19.9 Å². The van der Waals surface area contributed by atoms with E-state index in [0.29, 0.717) is 13.2 Å². The number of hydrogen-bond donors (Lipinski definition) is 0. The zero-order valence-corrected chi connectivity index (χ0v) is 14.4. The van der Waals surface area contributed by atoms with Crippen molar-refractivity contribution < 1.29 is 4.74 Å². The van der Waals surface area contributed by atoms with Crippen molar-refractivity contribution in [3.05, 3.63) is 66.4 Å². The van der Waals surface area contributed by atoms with E-state index in [1.807, 2.05) is 30.5 Å². The fraction of sp³-hybridized carbons (Fsp3) is 0.300. The Morgan fingerprint density at radius 1 is 1.08 bits per heavy atom. The molecule has 0 radical (unpaired) electrons. The van der Waals surface area contributed by atoms with E-state index in [2.05, 4.69) is 32.0 Å². The Labute approximate surface area is 151 Å². The summed E-state index contributed by atoms with van der Waals surface area (Å²) in [7, 11) is 0. The summed E-state index contributed by atoms with van der Waals surface area (Å²) in [6.45, 7) is 3.05. The van der Waals surface area contributed by atoms with Gasteiger partial charge in [0, 0.05) is 36.6 Å². The van der Waals surface area contributed by atoms with Gasteiger partial charge in [0.25, 0.3) is 0 Å². The van der Waals surface area contributed by atoms with Gasteiger partial charge in [-0.3, -0.25) is 0 Å². The molecule has 5 rings (SSSR count). The zero-order valence-electron chi connectivity index (χ0n) is 14.4. The molecule has 1 fully saturated rings. The van der Waals surface area contributed by atoms with Crippen molar-refractivity contribution in [1.82, 2.24) is 19.9 Å². The molecule has 1 atom stereocenters. The molecular formula is C20H19N5O. The Bertz CT molecular complexity index is 918. The highest BCUT2D eigenvalue weighted by molar-refractivity contribution is 5.55. The summed E-state index contributed by atoms with van der Waals surface area (Å²) in [6.07, 6.45) is 6.31. The molecule has 4 heterocycles. The SMILES string of the molecule is c1ccc(-c2ncc3c(n2)[C@]2(CCN(c4ccncn4)C2)COC3)cc1. The van der Waals surface area contributed by atoms with E-state index in [9.17, 15) is 0 Å². The van der Waals surface area contributed by atoms with Crippen LogP contribution < -0.4 is 4.90 Å². The standard InChI is InChI=1S/C20H19N5O/c1-2-4-15(5-3-1)19-22-10-16-11-26-13-20(18(16)24-19)7-9-25(12-20)17-6-8-21-14-23-17/h1-6,8,10,14H,7,9,11-13H2/t20-/m0/s1. The molecule has 6 heteroatoms. The second kappa shape index (κ2) is 6.14. The molecule has 2 aromatic heterocycles. The lowest BCUT2D eigenvalue weighted by molar-refractivity contribution is 0.0557. The highest BCUT2D eigenvalue weighted by Crippen LogP contribution is 2.40. The van der Waals surface area contributed by atoms with Gasteiger partial charge in [0.1, 0.15) is 12.1 Å². The summed E-state index contributed by atoms with van der Waals surface area (Å²) in [5, 5.41) is 0. The predicted molar refractivity (Wildman–Crippen MR) is 97.7 cm³/mol. The third kappa shape index (κ3) is 2.54. The Balaban J connectivity index is 1.53. The molecule has 1 spiro atoms. The van der Waals surface area contributed by atoms with Crippen LogP contribution in [0.25, 0.3) is 11.4 Å². The van der Waals surface area contributed by atoms with Gasteiger partial charge in [0.15, 0.2) is 5.82 Å². The molecule has 26 heavy (non-hydrogen) atoms. The van der Waals surface area contributed by atoms with Crippen LogP contribution in [-0.2, 0) is 16.8 Å². The minimum Gasteiger partial charge on any atom is -0.376 e. The maximum Gasteiger partial charge on any atom is 0.159 e. The van der Waals surface area contributed by atoms with Gasteiger partial charge in [-0.15, -0.1) is 0 Å². The second-order valence-electron chi connectivity index (χ2n) is 6.95. The Morgan fingerprint density at radius 2 is 2.00 bits per heavy atom. The number of nitrogens with zero attached hydrogens (tertiary/aromatic N) is 5. The first-order valence-corrected chi connectivity index (χ1v) is 8.85. The van der Waals surface area contributed by atoms with Crippen molar-refractivity contribution in [3.8, 4) is 11.4 Å². The topological polar surface area (TPSA) is 64.0 Å². The minimum atomic E-state index is -0.106. The van der Waals surface area contributed by atoms with Crippen LogP contribution in [0, 0.1) is 0 Å². The molecule has 0 unspecified atom stereocenters. The first kappa shape index (κ1) is 15.4. The molecule has 0 N–H and O–H groups in total. The fourth-order valence-electron chi connectivity index (χ4n) is 3.97. The average Bonchev–Trinajstić information content (AvgIpc) is 3.14. The van der Waals surface area contributed by atoms with E-state index >= 15 is 0 Å². The van der Waals surface area contributed by atoms with Crippen molar-refractivity contribution in [2.24, 2.45) is 0 Å². The number of hydrogen-bond acceptors (Lipinski definition) is 6. The van der Waals surface area contributed by atoms with Crippen LogP contribution in [0.5, 0.6) is 0 Å². The molecule has 2 aliphatic rings. The lowest BCUT2D eigenvalue weighted by Gasteiger charge is -2.34. The quantitative estimate of drug-likeness (QED) is 0.711. The van der Waals surface area contributed by atoms with Crippen LogP contribution in [0.15, 0.2) is 55.1 Å². The highest BCUT2D eigenvalue weighted by Gasteiger charge is 2.45. The molecule has 0 aliphatic carbocycles. The lowest BCUT2D eigenvalue weighted by Crippen LogP contribution is -2.40. The summed E-state index contributed by atoms with van der Waals surface area (Å²) >= 11 is 0. The molecule has 6 nitrogen and oxygen atoms in total. The first-order valence-electron chi connectivity index (χ1n) is 8.85. The molecule has 0 amide bonds. The molecule has 3 aromatic rings. The second-order valence-corrected chi connectivity index (χ2v) is 6.95. The van der Waals surface area contributed by atoms with Gasteiger partial charge in [0.05, 0.1) is 24.3 Å². The van der Waals surface area contributed by atoms with Gasteiger partial charge in [-0.2, -0.15) is 0 Å². The van der Waals surface area contributed by atoms with Crippen molar-refractivity contribution in [1.29, 1.82) is 0 Å². The van der Waals surface area contributed by atoms with E-state index in [1.54, 1.807) is 12.5 Å². The largest absolute Gasteiger partial charge is 0.376 e. The van der Waals surface area contributed by atoms with Crippen molar-refractivity contribution in [2.75, 3.05) is 24.6 Å². The highest BCUT2D eigenvalue weighted by atomic mass is 16.5. The van der Waals surface area contributed by atoms with Gasteiger partial charge >= 0.3 is 0 Å². The van der Waals surface area contributed by atoms with E-state index in [1.165, 1.54) is 0 Å². The summed E-state index contributed by atoms with van der Waals surface area (Å²) in [5.41, 5.74) is 3.17. The van der Waals surface area contributed by atoms with Crippen LogP contribution >= 0.6 is 0 Å². The lowest BCUT2D eigenvalue weighted by atomic mass is 9.80. The van der Waals surface area contributed by atoms with E-state index in [4.69, 9.17) is 9.72 Å². The predicted octanol–water partition coefficient (Wildman–Crippen LogP) is 2.61. The van der Waals surface area contributed by atoms with E-state index in [-0.39, 0.29) is 5.41 Å². The molecule has 0 saturated carbocycles. The third-order valence-electron chi connectivity index (χ3n) is 5.28. The third-order valence-corrected chi connectivity index (χ3v) is 5.28.